The minimum absolute atomic E-state index is 0.0160. The molecule has 0 bridgehead atoms. The number of nitrogens with zero attached hydrogens (tertiary/aromatic N) is 2. The van der Waals surface area contributed by atoms with Gasteiger partial charge in [-0.2, -0.15) is 0 Å². The Morgan fingerprint density at radius 3 is 2.46 bits per heavy atom. The van der Waals surface area contributed by atoms with Gasteiger partial charge in [-0.1, -0.05) is 84.4 Å². The lowest BCUT2D eigenvalue weighted by Gasteiger charge is -2.35. The van der Waals surface area contributed by atoms with Crippen LogP contribution < -0.4 is 5.32 Å². The number of carbonyl (C=O) groups excluding carboxylic acids is 1. The van der Waals surface area contributed by atoms with E-state index in [1.807, 2.05) is 48.2 Å². The highest BCUT2D eigenvalue weighted by molar-refractivity contribution is 5.76. The number of nitrogens with one attached hydrogen (secondary N) is 1. The van der Waals surface area contributed by atoms with E-state index in [1.165, 1.54) is 33.4 Å². The van der Waals surface area contributed by atoms with Crippen molar-refractivity contribution in [3.05, 3.63) is 124 Å². The normalized spacial score (nSPS) is 17.2. The number of aromatic nitrogens is 1. The molecule has 0 fully saturated rings. The van der Waals surface area contributed by atoms with Crippen LogP contribution in [0.2, 0.25) is 0 Å². The van der Waals surface area contributed by atoms with Crippen LogP contribution in [-0.4, -0.2) is 22.5 Å². The van der Waals surface area contributed by atoms with Crippen LogP contribution >= 0.6 is 0 Å². The Balaban J connectivity index is 1.35. The maximum Gasteiger partial charge on any atom is 0.318 e. The predicted octanol–water partition coefficient (Wildman–Crippen LogP) is 7.01. The molecule has 2 aliphatic heterocycles. The van der Waals surface area contributed by atoms with Crippen molar-refractivity contribution in [1.82, 2.24) is 15.2 Å². The number of rotatable bonds is 4. The zero-order valence-electron chi connectivity index (χ0n) is 22.9. The molecule has 6 rings (SSSR count). The molecule has 2 atom stereocenters. The number of aryl methyl sites for hydroxylation is 2. The summed E-state index contributed by atoms with van der Waals surface area (Å²) in [5.41, 5.74) is 11.7. The van der Waals surface area contributed by atoms with Crippen LogP contribution in [0.5, 0.6) is 0 Å². The molecule has 0 unspecified atom stereocenters. The van der Waals surface area contributed by atoms with E-state index < -0.39 is 0 Å². The standard InChI is InChI=1S/C34H35N3O2/c1-22-14-15-27(23(2)18-22)33-28-19-32(26-12-8-5-9-13-26)39-21-30(28)29-20-37(17-16-31(29)36-33)34(38)35-24(3)25-10-6-4-7-11-25/h4-15,18,24,32H,16-17,19-21H2,1-3H3,(H,35,38)/t24-,32-/m1/s1. The van der Waals surface area contributed by atoms with Crippen molar-refractivity contribution >= 4 is 6.03 Å². The average molecular weight is 518 g/mol. The summed E-state index contributed by atoms with van der Waals surface area (Å²) in [6.45, 7) is 8.04. The van der Waals surface area contributed by atoms with Crippen molar-refractivity contribution < 1.29 is 9.53 Å². The molecule has 3 heterocycles. The van der Waals surface area contributed by atoms with Crippen molar-refractivity contribution in [2.24, 2.45) is 0 Å². The smallest absolute Gasteiger partial charge is 0.318 e. The van der Waals surface area contributed by atoms with Gasteiger partial charge in [0.2, 0.25) is 0 Å². The van der Waals surface area contributed by atoms with Gasteiger partial charge in [-0.25, -0.2) is 4.79 Å². The molecule has 1 aromatic heterocycles. The van der Waals surface area contributed by atoms with Crippen molar-refractivity contribution in [3.8, 4) is 11.3 Å². The van der Waals surface area contributed by atoms with E-state index in [1.54, 1.807) is 0 Å². The third kappa shape index (κ3) is 5.07. The van der Waals surface area contributed by atoms with Gasteiger partial charge in [-0.05, 0) is 54.2 Å². The number of hydrogen-bond donors (Lipinski definition) is 1. The summed E-state index contributed by atoms with van der Waals surface area (Å²) >= 11 is 0. The van der Waals surface area contributed by atoms with Crippen LogP contribution in [0.4, 0.5) is 4.79 Å². The molecular weight excluding hydrogens is 482 g/mol. The Hall–Kier alpha value is -3.96. The second-order valence-electron chi connectivity index (χ2n) is 10.8. The Kier molecular flexibility index (Phi) is 6.92. The fourth-order valence-corrected chi connectivity index (χ4v) is 5.95. The van der Waals surface area contributed by atoms with E-state index in [-0.39, 0.29) is 18.2 Å². The van der Waals surface area contributed by atoms with Gasteiger partial charge in [0.25, 0.3) is 0 Å². The van der Waals surface area contributed by atoms with Gasteiger partial charge >= 0.3 is 6.03 Å². The number of fused-ring (bicyclic) bond motifs is 3. The Labute approximate surface area is 230 Å². The van der Waals surface area contributed by atoms with E-state index in [4.69, 9.17) is 9.72 Å². The molecule has 0 saturated heterocycles. The maximum atomic E-state index is 13.3. The van der Waals surface area contributed by atoms with E-state index in [2.05, 4.69) is 61.6 Å². The minimum Gasteiger partial charge on any atom is -0.368 e. The SMILES string of the molecule is Cc1ccc(-c2nc3c(c4c2C[C@H](c2ccccc2)OC4)CN(C(=O)N[C@H](C)c2ccccc2)CC3)c(C)c1. The Morgan fingerprint density at radius 1 is 0.974 bits per heavy atom. The molecular formula is C34H35N3O2. The number of pyridine rings is 1. The lowest BCUT2D eigenvalue weighted by Crippen LogP contribution is -2.44. The van der Waals surface area contributed by atoms with Gasteiger partial charge in [-0.15, -0.1) is 0 Å². The number of benzene rings is 3. The molecule has 5 nitrogen and oxygen atoms in total. The zero-order chi connectivity index (χ0) is 26.9. The van der Waals surface area contributed by atoms with E-state index in [9.17, 15) is 4.79 Å². The van der Waals surface area contributed by atoms with Gasteiger partial charge < -0.3 is 15.0 Å². The van der Waals surface area contributed by atoms with Crippen molar-refractivity contribution in [3.63, 3.8) is 0 Å². The highest BCUT2D eigenvalue weighted by Crippen LogP contribution is 2.40. The largest absolute Gasteiger partial charge is 0.368 e. The monoisotopic (exact) mass is 517 g/mol. The van der Waals surface area contributed by atoms with E-state index in [0.29, 0.717) is 19.7 Å². The third-order valence-corrected chi connectivity index (χ3v) is 8.13. The topological polar surface area (TPSA) is 54.5 Å². The Bertz CT molecular complexity index is 1500. The molecule has 3 aromatic carbocycles. The van der Waals surface area contributed by atoms with Crippen LogP contribution in [0.1, 0.15) is 63.7 Å². The lowest BCUT2D eigenvalue weighted by atomic mass is 9.86. The molecule has 198 valence electrons. The molecule has 0 saturated carbocycles. The van der Waals surface area contributed by atoms with Crippen molar-refractivity contribution in [2.45, 2.75) is 58.9 Å². The number of hydrogen-bond acceptors (Lipinski definition) is 3. The summed E-state index contributed by atoms with van der Waals surface area (Å²) in [6.07, 6.45) is 1.48. The van der Waals surface area contributed by atoms with Crippen LogP contribution in [0, 0.1) is 13.8 Å². The molecule has 0 radical (unpaired) electrons. The second kappa shape index (κ2) is 10.7. The highest BCUT2D eigenvalue weighted by atomic mass is 16.5. The molecule has 4 aromatic rings. The molecule has 2 aliphatic rings. The summed E-state index contributed by atoms with van der Waals surface area (Å²) < 4.78 is 6.47. The molecule has 1 N–H and O–H groups in total. The first-order valence-corrected chi connectivity index (χ1v) is 13.9. The van der Waals surface area contributed by atoms with E-state index in [0.717, 1.165) is 35.4 Å². The third-order valence-electron chi connectivity index (χ3n) is 8.13. The van der Waals surface area contributed by atoms with Crippen LogP contribution in [0.15, 0.2) is 78.9 Å². The van der Waals surface area contributed by atoms with Crippen LogP contribution in [0.25, 0.3) is 11.3 Å². The fraction of sp³-hybridized carbons (Fsp3) is 0.294. The average Bonchev–Trinajstić information content (AvgIpc) is 2.97. The predicted molar refractivity (Wildman–Crippen MR) is 154 cm³/mol. The van der Waals surface area contributed by atoms with Crippen LogP contribution in [0.3, 0.4) is 0 Å². The number of amides is 2. The molecule has 5 heteroatoms. The fourth-order valence-electron chi connectivity index (χ4n) is 5.95. The first kappa shape index (κ1) is 25.3. The van der Waals surface area contributed by atoms with Gasteiger partial charge in [0.05, 0.1) is 24.4 Å². The maximum absolute atomic E-state index is 13.3. The molecule has 2 amide bonds. The molecule has 0 aliphatic carbocycles. The minimum atomic E-state index is -0.0611. The summed E-state index contributed by atoms with van der Waals surface area (Å²) in [7, 11) is 0. The summed E-state index contributed by atoms with van der Waals surface area (Å²) in [4.78, 5) is 20.5. The van der Waals surface area contributed by atoms with Gasteiger partial charge in [-0.3, -0.25) is 4.98 Å². The van der Waals surface area contributed by atoms with Crippen LogP contribution in [-0.2, 0) is 30.7 Å². The first-order valence-electron chi connectivity index (χ1n) is 13.9. The van der Waals surface area contributed by atoms with Crippen molar-refractivity contribution in [2.75, 3.05) is 6.54 Å². The quantitative estimate of drug-likeness (QED) is 0.317. The molecule has 39 heavy (non-hydrogen) atoms. The van der Waals surface area contributed by atoms with E-state index >= 15 is 0 Å². The summed E-state index contributed by atoms with van der Waals surface area (Å²) in [5, 5.41) is 3.19. The Morgan fingerprint density at radius 2 is 1.72 bits per heavy atom. The lowest BCUT2D eigenvalue weighted by molar-refractivity contribution is 0.0263. The number of carbonyl (C=O) groups is 1. The summed E-state index contributed by atoms with van der Waals surface area (Å²) in [5.74, 6) is 0. The number of ether oxygens (including phenoxy) is 1. The summed E-state index contributed by atoms with van der Waals surface area (Å²) in [6, 6.07) is 27.1. The number of urea groups is 1. The molecule has 0 spiro atoms. The zero-order valence-corrected chi connectivity index (χ0v) is 22.9. The van der Waals surface area contributed by atoms with Gasteiger partial charge in [0.15, 0.2) is 0 Å². The van der Waals surface area contributed by atoms with Gasteiger partial charge in [0, 0.05) is 37.2 Å². The second-order valence-corrected chi connectivity index (χ2v) is 10.8. The highest BCUT2D eigenvalue weighted by Gasteiger charge is 2.32. The van der Waals surface area contributed by atoms with Gasteiger partial charge in [0.1, 0.15) is 0 Å². The van der Waals surface area contributed by atoms with Crippen molar-refractivity contribution in [1.29, 1.82) is 0 Å². The first-order chi connectivity index (χ1) is 19.0.